The second-order valence-corrected chi connectivity index (χ2v) is 6.69. The molecule has 2 aromatic rings. The molecule has 2 aromatic carbocycles. The summed E-state index contributed by atoms with van der Waals surface area (Å²) < 4.78 is 0. The number of urea groups is 1. The van der Waals surface area contributed by atoms with Crippen molar-refractivity contribution in [1.82, 2.24) is 10.2 Å². The van der Waals surface area contributed by atoms with Crippen molar-refractivity contribution in [3.63, 3.8) is 0 Å². The van der Waals surface area contributed by atoms with Crippen molar-refractivity contribution in [1.29, 1.82) is 0 Å². The SMILES string of the molecule is C[C@]1(c2ccccc2)NC(=O)N(CC(=O)Nc2cc([N+](=O)[O-])ccc2Cl)C1=O. The maximum Gasteiger partial charge on any atom is 0.325 e. The van der Waals surface area contributed by atoms with Crippen LogP contribution in [-0.4, -0.2) is 34.2 Å². The Balaban J connectivity index is 1.76. The maximum absolute atomic E-state index is 12.8. The second-order valence-electron chi connectivity index (χ2n) is 6.28. The second kappa shape index (κ2) is 7.28. The molecular weight excluding hydrogens is 388 g/mol. The van der Waals surface area contributed by atoms with Gasteiger partial charge in [-0.25, -0.2) is 4.79 Å². The van der Waals surface area contributed by atoms with Gasteiger partial charge in [-0.2, -0.15) is 0 Å². The Labute approximate surface area is 164 Å². The third kappa shape index (κ3) is 3.52. The lowest BCUT2D eigenvalue weighted by Gasteiger charge is -2.22. The lowest BCUT2D eigenvalue weighted by Crippen LogP contribution is -2.42. The fraction of sp³-hybridized carbons (Fsp3) is 0.167. The molecule has 9 nitrogen and oxygen atoms in total. The van der Waals surface area contributed by atoms with Crippen LogP contribution in [-0.2, 0) is 15.1 Å². The van der Waals surface area contributed by atoms with Crippen LogP contribution in [0.2, 0.25) is 5.02 Å². The minimum atomic E-state index is -1.29. The van der Waals surface area contributed by atoms with Crippen LogP contribution in [0.1, 0.15) is 12.5 Å². The highest BCUT2D eigenvalue weighted by atomic mass is 35.5. The summed E-state index contributed by atoms with van der Waals surface area (Å²) in [5.41, 5.74) is -0.954. The van der Waals surface area contributed by atoms with Crippen LogP contribution in [0.4, 0.5) is 16.2 Å². The molecule has 1 fully saturated rings. The predicted molar refractivity (Wildman–Crippen MR) is 101 cm³/mol. The highest BCUT2D eigenvalue weighted by Crippen LogP contribution is 2.29. The Morgan fingerprint density at radius 3 is 2.57 bits per heavy atom. The molecule has 1 saturated heterocycles. The van der Waals surface area contributed by atoms with Crippen LogP contribution in [0.25, 0.3) is 0 Å². The van der Waals surface area contributed by atoms with Crippen LogP contribution in [0.3, 0.4) is 0 Å². The van der Waals surface area contributed by atoms with Crippen molar-refractivity contribution in [2.75, 3.05) is 11.9 Å². The zero-order valence-electron chi connectivity index (χ0n) is 14.6. The fourth-order valence-electron chi connectivity index (χ4n) is 2.86. The Bertz CT molecular complexity index is 981. The topological polar surface area (TPSA) is 122 Å². The lowest BCUT2D eigenvalue weighted by atomic mass is 9.92. The average Bonchev–Trinajstić information content (AvgIpc) is 2.88. The van der Waals surface area contributed by atoms with Crippen LogP contribution < -0.4 is 10.6 Å². The molecule has 10 heteroatoms. The third-order valence-electron chi connectivity index (χ3n) is 4.36. The molecule has 3 rings (SSSR count). The Morgan fingerprint density at radius 2 is 1.93 bits per heavy atom. The molecule has 144 valence electrons. The van der Waals surface area contributed by atoms with Crippen LogP contribution in [0, 0.1) is 10.1 Å². The molecule has 1 atom stereocenters. The largest absolute Gasteiger partial charge is 0.325 e. The van der Waals surface area contributed by atoms with Crippen molar-refractivity contribution < 1.29 is 19.3 Å². The van der Waals surface area contributed by atoms with E-state index < -0.39 is 34.9 Å². The van der Waals surface area contributed by atoms with E-state index >= 15 is 0 Å². The summed E-state index contributed by atoms with van der Waals surface area (Å²) in [6, 6.07) is 11.5. The molecule has 28 heavy (non-hydrogen) atoms. The number of halogens is 1. The number of nitrogens with zero attached hydrogens (tertiary/aromatic N) is 2. The summed E-state index contributed by atoms with van der Waals surface area (Å²) in [7, 11) is 0. The minimum absolute atomic E-state index is 0.0127. The molecule has 0 bridgehead atoms. The molecule has 0 saturated carbocycles. The molecule has 2 N–H and O–H groups in total. The van der Waals surface area contributed by atoms with E-state index in [-0.39, 0.29) is 16.4 Å². The lowest BCUT2D eigenvalue weighted by molar-refractivity contribution is -0.384. The van der Waals surface area contributed by atoms with Gasteiger partial charge in [0.2, 0.25) is 5.91 Å². The summed E-state index contributed by atoms with van der Waals surface area (Å²) in [6.07, 6.45) is 0. The smallest absolute Gasteiger partial charge is 0.323 e. The standard InChI is InChI=1S/C18H15ClN4O5/c1-18(11-5-3-2-4-6-11)16(25)22(17(26)21-18)10-15(24)20-14-9-12(23(27)28)7-8-13(14)19/h2-9H,10H2,1H3,(H,20,24)(H,21,26)/t18-/m1/s1. The summed E-state index contributed by atoms with van der Waals surface area (Å²) >= 11 is 5.95. The van der Waals surface area contributed by atoms with E-state index in [0.717, 1.165) is 11.0 Å². The van der Waals surface area contributed by atoms with Gasteiger partial charge in [0.1, 0.15) is 12.1 Å². The van der Waals surface area contributed by atoms with E-state index in [1.54, 1.807) is 37.3 Å². The number of nitro benzene ring substituents is 1. The molecular formula is C18H15ClN4O5. The summed E-state index contributed by atoms with van der Waals surface area (Å²) in [5, 5.41) is 15.9. The number of rotatable bonds is 5. The van der Waals surface area contributed by atoms with Gasteiger partial charge in [-0.1, -0.05) is 41.9 Å². The summed E-state index contributed by atoms with van der Waals surface area (Å²) in [5.74, 6) is -1.30. The molecule has 0 aromatic heterocycles. The third-order valence-corrected chi connectivity index (χ3v) is 4.69. The van der Waals surface area contributed by atoms with E-state index in [0.29, 0.717) is 5.56 Å². The van der Waals surface area contributed by atoms with E-state index in [2.05, 4.69) is 10.6 Å². The van der Waals surface area contributed by atoms with Gasteiger partial charge in [-0.15, -0.1) is 0 Å². The van der Waals surface area contributed by atoms with Crippen LogP contribution in [0.15, 0.2) is 48.5 Å². The number of carbonyl (C=O) groups is 3. The quantitative estimate of drug-likeness (QED) is 0.452. The first-order chi connectivity index (χ1) is 13.2. The van der Waals surface area contributed by atoms with Gasteiger partial charge in [0.25, 0.3) is 11.6 Å². The normalized spacial score (nSPS) is 18.7. The van der Waals surface area contributed by atoms with Gasteiger partial charge in [0.15, 0.2) is 0 Å². The van der Waals surface area contributed by atoms with Crippen molar-refractivity contribution in [3.05, 3.63) is 69.2 Å². The molecule has 1 aliphatic rings. The number of imide groups is 1. The van der Waals surface area contributed by atoms with Gasteiger partial charge < -0.3 is 10.6 Å². The van der Waals surface area contributed by atoms with Crippen molar-refractivity contribution in [2.24, 2.45) is 0 Å². The van der Waals surface area contributed by atoms with Crippen molar-refractivity contribution in [3.8, 4) is 0 Å². The number of hydrogen-bond donors (Lipinski definition) is 2. The number of nitrogens with one attached hydrogen (secondary N) is 2. The highest BCUT2D eigenvalue weighted by molar-refractivity contribution is 6.33. The van der Waals surface area contributed by atoms with Gasteiger partial charge in [-0.05, 0) is 18.6 Å². The number of hydrogen-bond acceptors (Lipinski definition) is 5. The van der Waals surface area contributed by atoms with Crippen LogP contribution in [0.5, 0.6) is 0 Å². The molecule has 1 aliphatic heterocycles. The van der Waals surface area contributed by atoms with Crippen LogP contribution >= 0.6 is 11.6 Å². The van der Waals surface area contributed by atoms with Gasteiger partial charge in [-0.3, -0.25) is 24.6 Å². The summed E-state index contributed by atoms with van der Waals surface area (Å²) in [4.78, 5) is 48.4. The van der Waals surface area contributed by atoms with Crippen molar-refractivity contribution in [2.45, 2.75) is 12.5 Å². The Kier molecular flexibility index (Phi) is 5.02. The minimum Gasteiger partial charge on any atom is -0.323 e. The van der Waals surface area contributed by atoms with E-state index in [4.69, 9.17) is 11.6 Å². The van der Waals surface area contributed by atoms with Gasteiger partial charge in [0.05, 0.1) is 15.6 Å². The maximum atomic E-state index is 12.8. The molecule has 4 amide bonds. The van der Waals surface area contributed by atoms with E-state index in [1.807, 2.05) is 0 Å². The van der Waals surface area contributed by atoms with E-state index in [1.165, 1.54) is 12.1 Å². The monoisotopic (exact) mass is 402 g/mol. The number of anilines is 1. The highest BCUT2D eigenvalue weighted by Gasteiger charge is 2.49. The zero-order valence-corrected chi connectivity index (χ0v) is 15.4. The first-order valence-corrected chi connectivity index (χ1v) is 8.53. The first kappa shape index (κ1) is 19.3. The molecule has 0 unspecified atom stereocenters. The molecule has 0 aliphatic carbocycles. The van der Waals surface area contributed by atoms with E-state index in [9.17, 15) is 24.5 Å². The van der Waals surface area contributed by atoms with Crippen molar-refractivity contribution >= 4 is 40.8 Å². The number of amides is 4. The first-order valence-electron chi connectivity index (χ1n) is 8.16. The van der Waals surface area contributed by atoms with Gasteiger partial charge in [0, 0.05) is 12.1 Å². The number of non-ortho nitro benzene ring substituents is 1. The predicted octanol–water partition coefficient (Wildman–Crippen LogP) is 2.65. The molecule has 0 radical (unpaired) electrons. The zero-order chi connectivity index (χ0) is 20.5. The van der Waals surface area contributed by atoms with Gasteiger partial charge >= 0.3 is 6.03 Å². The molecule has 1 heterocycles. The number of benzene rings is 2. The molecule has 0 spiro atoms. The fourth-order valence-corrected chi connectivity index (χ4v) is 3.03. The Morgan fingerprint density at radius 1 is 1.25 bits per heavy atom. The summed E-state index contributed by atoms with van der Waals surface area (Å²) in [6.45, 7) is 0.990. The number of carbonyl (C=O) groups excluding carboxylic acids is 3. The number of nitro groups is 1. The Hall–Kier alpha value is -3.46. The average molecular weight is 403 g/mol.